The van der Waals surface area contributed by atoms with Gasteiger partial charge in [-0.3, -0.25) is 9.59 Å². The zero-order valence-corrected chi connectivity index (χ0v) is 20.0. The predicted molar refractivity (Wildman–Crippen MR) is 125 cm³/mol. The lowest BCUT2D eigenvalue weighted by molar-refractivity contribution is -0.183. The quantitative estimate of drug-likeness (QED) is 0.657. The molecule has 3 fully saturated rings. The van der Waals surface area contributed by atoms with E-state index in [-0.39, 0.29) is 29.0 Å². The minimum absolute atomic E-state index is 0.00327. The number of hydrogen-bond donors (Lipinski definition) is 2. The van der Waals surface area contributed by atoms with Crippen LogP contribution < -0.4 is 0 Å². The van der Waals surface area contributed by atoms with Crippen LogP contribution in [-0.4, -0.2) is 46.1 Å². The van der Waals surface area contributed by atoms with Gasteiger partial charge in [-0.15, -0.1) is 0 Å². The lowest BCUT2D eigenvalue weighted by atomic mass is 9.45. The molecule has 0 saturated heterocycles. The Morgan fingerprint density at radius 3 is 2.53 bits per heavy atom. The maximum absolute atomic E-state index is 13.3. The summed E-state index contributed by atoms with van der Waals surface area (Å²) in [5, 5.41) is 21.5. The normalized spacial score (nSPS) is 41.1. The Labute approximate surface area is 200 Å². The number of carbonyl (C=O) groups excluding carboxylic acids is 3. The molecule has 4 aliphatic carbocycles. The van der Waals surface area contributed by atoms with Crippen LogP contribution in [0.1, 0.15) is 69.2 Å². The smallest absolute Gasteiger partial charge is 0.339 e. The van der Waals surface area contributed by atoms with Crippen LogP contribution in [0, 0.1) is 28.6 Å². The third-order valence-corrected chi connectivity index (χ3v) is 9.89. The number of ether oxygens (including phenoxy) is 1. The monoisotopic (exact) mass is 466 g/mol. The molecule has 182 valence electrons. The number of benzene rings is 1. The Balaban J connectivity index is 1.53. The van der Waals surface area contributed by atoms with Crippen LogP contribution >= 0.6 is 0 Å². The molecule has 4 aliphatic rings. The van der Waals surface area contributed by atoms with Gasteiger partial charge in [0.15, 0.2) is 11.4 Å². The highest BCUT2D eigenvalue weighted by molar-refractivity contribution is 5.96. The second-order valence-corrected chi connectivity index (χ2v) is 11.3. The van der Waals surface area contributed by atoms with Gasteiger partial charge in [0.25, 0.3) is 0 Å². The number of ketones is 2. The van der Waals surface area contributed by atoms with Crippen molar-refractivity contribution in [3.05, 3.63) is 47.5 Å². The first-order valence-electron chi connectivity index (χ1n) is 12.5. The Morgan fingerprint density at radius 1 is 1.09 bits per heavy atom. The van der Waals surface area contributed by atoms with Crippen molar-refractivity contribution < 1.29 is 29.3 Å². The third-order valence-electron chi connectivity index (χ3n) is 9.89. The van der Waals surface area contributed by atoms with E-state index in [4.69, 9.17) is 4.74 Å². The van der Waals surface area contributed by atoms with Gasteiger partial charge in [-0.2, -0.15) is 0 Å². The van der Waals surface area contributed by atoms with E-state index in [1.54, 1.807) is 36.4 Å². The molecule has 1 aromatic rings. The van der Waals surface area contributed by atoms with Crippen LogP contribution in [0.2, 0.25) is 0 Å². The van der Waals surface area contributed by atoms with Crippen LogP contribution in [0.3, 0.4) is 0 Å². The van der Waals surface area contributed by atoms with E-state index in [9.17, 15) is 24.6 Å². The van der Waals surface area contributed by atoms with E-state index in [1.807, 2.05) is 6.92 Å². The molecule has 5 rings (SSSR count). The summed E-state index contributed by atoms with van der Waals surface area (Å²) in [5.74, 6) is -0.652. The van der Waals surface area contributed by atoms with E-state index in [0.29, 0.717) is 31.2 Å². The number of carbonyl (C=O) groups is 3. The number of aliphatic hydroxyl groups is 2. The SMILES string of the molecule is C[C@]12CCC(=O)C=C1CC[C@@H]1[C@@H]2[C@@H](O)C[C@@]2(C)[C@H]1CC[C@]2(OC(=O)c1ccccc1)C(=O)CO. The lowest BCUT2D eigenvalue weighted by Crippen LogP contribution is -2.63. The second kappa shape index (κ2) is 8.13. The van der Waals surface area contributed by atoms with E-state index < -0.39 is 35.5 Å². The van der Waals surface area contributed by atoms with Gasteiger partial charge in [0.2, 0.25) is 5.78 Å². The fourth-order valence-electron chi connectivity index (χ4n) is 8.28. The van der Waals surface area contributed by atoms with E-state index in [2.05, 4.69) is 6.92 Å². The fraction of sp³-hybridized carbons (Fsp3) is 0.607. The molecule has 0 heterocycles. The van der Waals surface area contributed by atoms with Gasteiger partial charge >= 0.3 is 5.97 Å². The van der Waals surface area contributed by atoms with Crippen molar-refractivity contribution >= 4 is 17.5 Å². The number of allylic oxidation sites excluding steroid dienone is 1. The Bertz CT molecular complexity index is 1050. The summed E-state index contributed by atoms with van der Waals surface area (Å²) in [5.41, 5.74) is -0.963. The zero-order chi connectivity index (χ0) is 24.3. The summed E-state index contributed by atoms with van der Waals surface area (Å²) in [7, 11) is 0. The van der Waals surface area contributed by atoms with Crippen molar-refractivity contribution in [1.29, 1.82) is 0 Å². The maximum Gasteiger partial charge on any atom is 0.339 e. The molecule has 0 amide bonds. The van der Waals surface area contributed by atoms with Gasteiger partial charge in [0.05, 0.1) is 11.7 Å². The number of Topliss-reactive ketones (excluding diaryl/α,β-unsaturated/α-hetero) is 1. The molecular weight excluding hydrogens is 432 g/mol. The molecule has 0 bridgehead atoms. The number of rotatable bonds is 4. The standard InChI is InChI=1S/C28H34O6/c1-26-12-10-19(30)14-18(26)8-9-20-21-11-13-28(23(32)16-29,27(21,2)15-22(31)24(20)26)34-25(33)17-6-4-3-5-7-17/h3-7,14,20-22,24,29,31H,8-13,15-16H2,1-2H3/t20-,21-,22-,24+,26-,27-,28-/m0/s1. The van der Waals surface area contributed by atoms with Crippen molar-refractivity contribution in [2.75, 3.05) is 6.61 Å². The minimum Gasteiger partial charge on any atom is -0.447 e. The third kappa shape index (κ3) is 3.18. The summed E-state index contributed by atoms with van der Waals surface area (Å²) in [6, 6.07) is 8.60. The molecule has 0 radical (unpaired) electrons. The Morgan fingerprint density at radius 2 is 1.82 bits per heavy atom. The van der Waals surface area contributed by atoms with Gasteiger partial charge < -0.3 is 14.9 Å². The second-order valence-electron chi connectivity index (χ2n) is 11.3. The molecule has 7 atom stereocenters. The molecule has 0 aromatic heterocycles. The molecule has 6 nitrogen and oxygen atoms in total. The molecule has 0 spiro atoms. The highest BCUT2D eigenvalue weighted by Crippen LogP contribution is 2.68. The average Bonchev–Trinajstić information content (AvgIpc) is 3.11. The summed E-state index contributed by atoms with van der Waals surface area (Å²) in [4.78, 5) is 38.5. The van der Waals surface area contributed by atoms with Crippen LogP contribution in [0.4, 0.5) is 0 Å². The molecule has 0 aliphatic heterocycles. The maximum atomic E-state index is 13.3. The van der Waals surface area contributed by atoms with Gasteiger partial charge in [0.1, 0.15) is 6.61 Å². The summed E-state index contributed by atoms with van der Waals surface area (Å²) < 4.78 is 6.07. The number of fused-ring (bicyclic) bond motifs is 5. The summed E-state index contributed by atoms with van der Waals surface area (Å²) >= 11 is 0. The lowest BCUT2D eigenvalue weighted by Gasteiger charge is -2.60. The van der Waals surface area contributed by atoms with E-state index in [0.717, 1.165) is 24.8 Å². The van der Waals surface area contributed by atoms with Crippen LogP contribution in [0.5, 0.6) is 0 Å². The van der Waals surface area contributed by atoms with Gasteiger partial charge in [-0.1, -0.05) is 37.6 Å². The molecule has 6 heteroatoms. The van der Waals surface area contributed by atoms with Crippen molar-refractivity contribution in [3.8, 4) is 0 Å². The van der Waals surface area contributed by atoms with Crippen LogP contribution in [-0.2, 0) is 14.3 Å². The largest absolute Gasteiger partial charge is 0.447 e. The van der Waals surface area contributed by atoms with Crippen molar-refractivity contribution in [1.82, 2.24) is 0 Å². The highest BCUT2D eigenvalue weighted by atomic mass is 16.6. The van der Waals surface area contributed by atoms with Crippen molar-refractivity contribution in [2.45, 2.75) is 70.5 Å². The Hall–Kier alpha value is -2.31. The molecule has 0 unspecified atom stereocenters. The van der Waals surface area contributed by atoms with Gasteiger partial charge in [0, 0.05) is 11.8 Å². The summed E-state index contributed by atoms with van der Waals surface area (Å²) in [6.07, 6.45) is 5.38. The molecular formula is C28H34O6. The topological polar surface area (TPSA) is 101 Å². The first-order valence-corrected chi connectivity index (χ1v) is 12.5. The molecule has 34 heavy (non-hydrogen) atoms. The first-order chi connectivity index (χ1) is 16.2. The average molecular weight is 467 g/mol. The highest BCUT2D eigenvalue weighted by Gasteiger charge is 2.70. The summed E-state index contributed by atoms with van der Waals surface area (Å²) in [6.45, 7) is 3.44. The van der Waals surface area contributed by atoms with Crippen LogP contribution in [0.25, 0.3) is 0 Å². The minimum atomic E-state index is -1.47. The molecule has 2 N–H and O–H groups in total. The predicted octanol–water partition coefficient (Wildman–Crippen LogP) is 3.65. The van der Waals surface area contributed by atoms with Gasteiger partial charge in [-0.05, 0) is 79.9 Å². The zero-order valence-electron chi connectivity index (χ0n) is 20.0. The van der Waals surface area contributed by atoms with E-state index in [1.165, 1.54) is 0 Å². The van der Waals surface area contributed by atoms with Crippen molar-refractivity contribution in [3.63, 3.8) is 0 Å². The number of aliphatic hydroxyl groups excluding tert-OH is 2. The number of hydrogen-bond acceptors (Lipinski definition) is 6. The number of esters is 1. The molecule has 1 aromatic carbocycles. The van der Waals surface area contributed by atoms with Crippen molar-refractivity contribution in [2.24, 2.45) is 28.6 Å². The van der Waals surface area contributed by atoms with Gasteiger partial charge in [-0.25, -0.2) is 4.79 Å². The van der Waals surface area contributed by atoms with E-state index >= 15 is 0 Å². The molecule has 3 saturated carbocycles. The van der Waals surface area contributed by atoms with Crippen LogP contribution in [0.15, 0.2) is 42.0 Å². The Kier molecular flexibility index (Phi) is 5.60. The fourth-order valence-corrected chi connectivity index (χ4v) is 8.28. The first kappa shape index (κ1) is 23.4.